The molecule has 3 aromatic rings. The molecule has 3 aromatic carbocycles. The first-order chi connectivity index (χ1) is 14.5. The lowest BCUT2D eigenvalue weighted by Gasteiger charge is -2.25. The molecule has 156 valence electrons. The van der Waals surface area contributed by atoms with Crippen molar-refractivity contribution >= 4 is 0 Å². The third-order valence-corrected chi connectivity index (χ3v) is 6.33. The van der Waals surface area contributed by atoms with E-state index in [1.54, 1.807) is 12.1 Å². The fourth-order valence-electron chi connectivity index (χ4n) is 4.42. The van der Waals surface area contributed by atoms with E-state index in [1.165, 1.54) is 11.1 Å². The summed E-state index contributed by atoms with van der Waals surface area (Å²) in [6, 6.07) is 19.9. The molecule has 3 N–H and O–H groups in total. The van der Waals surface area contributed by atoms with Crippen LogP contribution in [-0.2, 0) is 12.8 Å². The first-order valence-electron chi connectivity index (χ1n) is 10.9. The zero-order valence-electron chi connectivity index (χ0n) is 17.5. The molecule has 0 unspecified atom stereocenters. The van der Waals surface area contributed by atoms with Gasteiger partial charge in [0.05, 0.1) is 6.10 Å². The van der Waals surface area contributed by atoms with E-state index in [1.807, 2.05) is 18.2 Å². The van der Waals surface area contributed by atoms with Gasteiger partial charge in [0.15, 0.2) is 0 Å². The monoisotopic (exact) mass is 402 g/mol. The highest BCUT2D eigenvalue weighted by atomic mass is 16.3. The van der Waals surface area contributed by atoms with Gasteiger partial charge in [-0.3, -0.25) is 0 Å². The van der Waals surface area contributed by atoms with E-state index in [0.717, 1.165) is 54.4 Å². The summed E-state index contributed by atoms with van der Waals surface area (Å²) in [5.74, 6) is 1.15. The minimum absolute atomic E-state index is 0.162. The Labute approximate surface area is 178 Å². The highest BCUT2D eigenvalue weighted by Crippen LogP contribution is 2.34. The molecule has 0 atom stereocenters. The molecule has 3 heteroatoms. The predicted molar refractivity (Wildman–Crippen MR) is 121 cm³/mol. The molecule has 0 amide bonds. The quantitative estimate of drug-likeness (QED) is 0.509. The lowest BCUT2D eigenvalue weighted by Crippen LogP contribution is -2.19. The maximum atomic E-state index is 10.4. The number of hydrogen-bond acceptors (Lipinski definition) is 3. The van der Waals surface area contributed by atoms with Gasteiger partial charge in [-0.1, -0.05) is 42.0 Å². The maximum Gasteiger partial charge on any atom is 0.119 e. The fourth-order valence-corrected chi connectivity index (χ4v) is 4.42. The molecule has 0 radical (unpaired) electrons. The lowest BCUT2D eigenvalue weighted by molar-refractivity contribution is 0.108. The second-order valence-electron chi connectivity index (χ2n) is 8.73. The molecule has 0 bridgehead atoms. The molecule has 1 aliphatic carbocycles. The van der Waals surface area contributed by atoms with Crippen LogP contribution in [0.4, 0.5) is 0 Å². The van der Waals surface area contributed by atoms with Crippen LogP contribution in [-0.4, -0.2) is 21.4 Å². The highest BCUT2D eigenvalue weighted by Gasteiger charge is 2.21. The molecule has 0 spiro atoms. The number of benzene rings is 3. The summed E-state index contributed by atoms with van der Waals surface area (Å²) in [4.78, 5) is 0. The number of phenolic OH excluding ortho intramolecular Hbond substituents is 2. The minimum atomic E-state index is -0.162. The lowest BCUT2D eigenvalue weighted by atomic mass is 9.83. The largest absolute Gasteiger partial charge is 0.508 e. The molecule has 1 fully saturated rings. The van der Waals surface area contributed by atoms with Crippen molar-refractivity contribution in [2.45, 2.75) is 51.6 Å². The first-order valence-corrected chi connectivity index (χ1v) is 10.9. The third kappa shape index (κ3) is 4.85. The normalized spacial score (nSPS) is 19.0. The van der Waals surface area contributed by atoms with Crippen molar-refractivity contribution in [3.05, 3.63) is 82.9 Å². The van der Waals surface area contributed by atoms with Crippen molar-refractivity contribution in [3.8, 4) is 22.6 Å². The van der Waals surface area contributed by atoms with Crippen molar-refractivity contribution in [1.29, 1.82) is 0 Å². The van der Waals surface area contributed by atoms with Crippen molar-refractivity contribution in [1.82, 2.24) is 0 Å². The molecular formula is C27H30O3. The number of aryl methyl sites for hydroxylation is 1. The van der Waals surface area contributed by atoms with Gasteiger partial charge in [0.25, 0.3) is 0 Å². The minimum Gasteiger partial charge on any atom is -0.508 e. The van der Waals surface area contributed by atoms with E-state index in [4.69, 9.17) is 0 Å². The molecule has 0 aliphatic heterocycles. The molecule has 0 aromatic heterocycles. The molecule has 4 rings (SSSR count). The number of hydrogen-bond donors (Lipinski definition) is 3. The van der Waals surface area contributed by atoms with Crippen LogP contribution in [0.25, 0.3) is 11.1 Å². The van der Waals surface area contributed by atoms with Gasteiger partial charge >= 0.3 is 0 Å². The van der Waals surface area contributed by atoms with Crippen LogP contribution in [0.15, 0.2) is 60.7 Å². The van der Waals surface area contributed by atoms with Crippen LogP contribution in [0.2, 0.25) is 0 Å². The highest BCUT2D eigenvalue weighted by molar-refractivity contribution is 5.68. The number of aromatic hydroxyl groups is 2. The molecule has 1 saturated carbocycles. The van der Waals surface area contributed by atoms with Gasteiger partial charge in [0.1, 0.15) is 11.5 Å². The number of rotatable bonds is 5. The molecule has 3 nitrogen and oxygen atoms in total. The second-order valence-corrected chi connectivity index (χ2v) is 8.73. The Hall–Kier alpha value is -2.78. The SMILES string of the molecule is Cc1ccc(Cc2cc(-c3ccc(O)c(CC4CCC(O)CC4)c3)ccc2O)cc1. The van der Waals surface area contributed by atoms with Crippen molar-refractivity contribution in [2.24, 2.45) is 5.92 Å². The van der Waals surface area contributed by atoms with Crippen molar-refractivity contribution in [2.75, 3.05) is 0 Å². The molecule has 1 aliphatic rings. The number of aliphatic hydroxyl groups excluding tert-OH is 1. The van der Waals surface area contributed by atoms with E-state index in [-0.39, 0.29) is 6.10 Å². The zero-order chi connectivity index (χ0) is 21.1. The Kier molecular flexibility index (Phi) is 6.10. The Morgan fingerprint density at radius 1 is 0.733 bits per heavy atom. The van der Waals surface area contributed by atoms with Crippen LogP contribution < -0.4 is 0 Å². The maximum absolute atomic E-state index is 10.4. The second kappa shape index (κ2) is 8.93. The van der Waals surface area contributed by atoms with Gasteiger partial charge in [-0.25, -0.2) is 0 Å². The van der Waals surface area contributed by atoms with Crippen LogP contribution in [0.5, 0.6) is 11.5 Å². The van der Waals surface area contributed by atoms with Gasteiger partial charge in [0, 0.05) is 6.42 Å². The van der Waals surface area contributed by atoms with E-state index in [0.29, 0.717) is 23.8 Å². The van der Waals surface area contributed by atoms with E-state index in [2.05, 4.69) is 37.3 Å². The average Bonchev–Trinajstić information content (AvgIpc) is 2.74. The molecular weight excluding hydrogens is 372 g/mol. The summed E-state index contributed by atoms with van der Waals surface area (Å²) in [6.45, 7) is 2.07. The standard InChI is InChI=1S/C27H30O3/c1-18-2-4-19(5-3-18)14-23-16-21(8-12-26(23)29)22-9-13-27(30)24(17-22)15-20-6-10-25(28)11-7-20/h2-5,8-9,12-13,16-17,20,25,28-30H,6-7,10-11,14-15H2,1H3. The Morgan fingerprint density at radius 3 is 1.93 bits per heavy atom. The third-order valence-electron chi connectivity index (χ3n) is 6.33. The summed E-state index contributed by atoms with van der Waals surface area (Å²) < 4.78 is 0. The van der Waals surface area contributed by atoms with Gasteiger partial charge in [0.2, 0.25) is 0 Å². The topological polar surface area (TPSA) is 60.7 Å². The summed E-state index contributed by atoms with van der Waals surface area (Å²) in [6.07, 6.45) is 5.06. The van der Waals surface area contributed by atoms with Gasteiger partial charge < -0.3 is 15.3 Å². The van der Waals surface area contributed by atoms with E-state index in [9.17, 15) is 15.3 Å². The zero-order valence-corrected chi connectivity index (χ0v) is 17.5. The molecule has 0 saturated heterocycles. The van der Waals surface area contributed by atoms with Crippen molar-refractivity contribution < 1.29 is 15.3 Å². The predicted octanol–water partition coefficient (Wildman–Crippen LogP) is 5.76. The summed E-state index contributed by atoms with van der Waals surface area (Å²) in [5.41, 5.74) is 6.33. The van der Waals surface area contributed by atoms with Gasteiger partial charge in [-0.05, 0) is 97.0 Å². The van der Waals surface area contributed by atoms with Crippen molar-refractivity contribution in [3.63, 3.8) is 0 Å². The van der Waals surface area contributed by atoms with Crippen LogP contribution in [0.1, 0.15) is 47.9 Å². The number of phenols is 2. The van der Waals surface area contributed by atoms with Crippen LogP contribution in [0.3, 0.4) is 0 Å². The smallest absolute Gasteiger partial charge is 0.119 e. The van der Waals surface area contributed by atoms with Gasteiger partial charge in [-0.2, -0.15) is 0 Å². The fraction of sp³-hybridized carbons (Fsp3) is 0.333. The summed E-state index contributed by atoms with van der Waals surface area (Å²) in [5, 5.41) is 30.5. The summed E-state index contributed by atoms with van der Waals surface area (Å²) >= 11 is 0. The van der Waals surface area contributed by atoms with Gasteiger partial charge in [-0.15, -0.1) is 0 Å². The van der Waals surface area contributed by atoms with Crippen LogP contribution >= 0.6 is 0 Å². The summed E-state index contributed by atoms with van der Waals surface area (Å²) in [7, 11) is 0. The molecule has 0 heterocycles. The van der Waals surface area contributed by atoms with E-state index >= 15 is 0 Å². The Morgan fingerprint density at radius 2 is 1.30 bits per heavy atom. The average molecular weight is 403 g/mol. The number of aliphatic hydroxyl groups is 1. The van der Waals surface area contributed by atoms with E-state index < -0.39 is 0 Å². The Balaban J connectivity index is 1.56. The first kappa shape index (κ1) is 20.5. The molecule has 30 heavy (non-hydrogen) atoms. The Bertz CT molecular complexity index is 999. The van der Waals surface area contributed by atoms with Crippen LogP contribution in [0, 0.1) is 12.8 Å².